The largest absolute Gasteiger partial charge is 0.394 e. The average Bonchev–Trinajstić information content (AvgIpc) is 2.70. The van der Waals surface area contributed by atoms with Gasteiger partial charge in [0.05, 0.1) is 18.8 Å². The number of rotatable bonds is 20. The van der Waals surface area contributed by atoms with E-state index in [4.69, 9.17) is 0 Å². The van der Waals surface area contributed by atoms with Crippen LogP contribution in [0.1, 0.15) is 117 Å². The lowest BCUT2D eigenvalue weighted by Crippen LogP contribution is -2.45. The van der Waals surface area contributed by atoms with Gasteiger partial charge in [-0.05, 0) is 19.3 Å². The number of amides is 1. The molecule has 166 valence electrons. The molecule has 0 spiro atoms. The van der Waals surface area contributed by atoms with Crippen LogP contribution in [-0.2, 0) is 4.79 Å². The Kier molecular flexibility index (Phi) is 20.2. The van der Waals surface area contributed by atoms with E-state index in [1.807, 2.05) is 6.08 Å². The van der Waals surface area contributed by atoms with Crippen LogP contribution in [-0.4, -0.2) is 34.9 Å². The van der Waals surface area contributed by atoms with Crippen molar-refractivity contribution in [2.24, 2.45) is 0 Å². The number of aliphatic hydroxyl groups is 2. The Labute approximate surface area is 174 Å². The highest BCUT2D eigenvalue weighted by Gasteiger charge is 2.17. The van der Waals surface area contributed by atoms with Gasteiger partial charge in [-0.25, -0.2) is 0 Å². The second-order valence-corrected chi connectivity index (χ2v) is 8.06. The van der Waals surface area contributed by atoms with Crippen LogP contribution in [0.2, 0.25) is 0 Å². The van der Waals surface area contributed by atoms with Crippen molar-refractivity contribution < 1.29 is 15.0 Å². The van der Waals surface area contributed by atoms with Crippen molar-refractivity contribution in [2.75, 3.05) is 6.61 Å². The molecule has 4 heteroatoms. The first-order chi connectivity index (χ1) is 13.7. The second-order valence-electron chi connectivity index (χ2n) is 8.06. The Morgan fingerprint density at radius 2 is 1.32 bits per heavy atom. The molecule has 0 aromatic carbocycles. The highest BCUT2D eigenvalue weighted by atomic mass is 16.3. The maximum atomic E-state index is 12.0. The van der Waals surface area contributed by atoms with Gasteiger partial charge in [-0.3, -0.25) is 4.79 Å². The number of nitrogens with one attached hydrogen (secondary N) is 1. The van der Waals surface area contributed by atoms with Crippen LogP contribution in [0.25, 0.3) is 0 Å². The smallest absolute Gasteiger partial charge is 0.220 e. The van der Waals surface area contributed by atoms with Crippen LogP contribution in [0.15, 0.2) is 12.2 Å². The van der Waals surface area contributed by atoms with E-state index in [1.165, 1.54) is 70.6 Å². The second kappa shape index (κ2) is 20.9. The molecule has 3 N–H and O–H groups in total. The molecule has 0 aromatic heterocycles. The standard InChI is InChI=1S/C24H47NO3/c1-3-5-7-9-11-12-13-14-16-18-20-24(28)25-22(21-26)23(27)19-17-15-10-8-6-4-2/h17,19,22-23,26-27H,3-16,18,20-21H2,1-2H3,(H,25,28)/b19-17+. The van der Waals surface area contributed by atoms with E-state index in [-0.39, 0.29) is 12.5 Å². The van der Waals surface area contributed by atoms with E-state index < -0.39 is 12.1 Å². The molecule has 2 unspecified atom stereocenters. The molecule has 2 atom stereocenters. The lowest BCUT2D eigenvalue weighted by Gasteiger charge is -2.20. The molecule has 0 bridgehead atoms. The Morgan fingerprint density at radius 1 is 0.821 bits per heavy atom. The fraction of sp³-hybridized carbons (Fsp3) is 0.875. The van der Waals surface area contributed by atoms with Gasteiger partial charge < -0.3 is 15.5 Å². The maximum absolute atomic E-state index is 12.0. The van der Waals surface area contributed by atoms with Crippen LogP contribution in [0, 0.1) is 0 Å². The zero-order chi connectivity index (χ0) is 20.9. The molecular weight excluding hydrogens is 350 g/mol. The summed E-state index contributed by atoms with van der Waals surface area (Å²) in [4.78, 5) is 12.0. The molecule has 0 fully saturated rings. The fourth-order valence-electron chi connectivity index (χ4n) is 3.35. The number of carbonyl (C=O) groups is 1. The van der Waals surface area contributed by atoms with Crippen LogP contribution >= 0.6 is 0 Å². The minimum atomic E-state index is -0.826. The molecular formula is C24H47NO3. The molecule has 1 amide bonds. The van der Waals surface area contributed by atoms with Crippen molar-refractivity contribution in [3.8, 4) is 0 Å². The summed E-state index contributed by atoms with van der Waals surface area (Å²) in [5, 5.41) is 22.4. The lowest BCUT2D eigenvalue weighted by molar-refractivity contribution is -0.123. The highest BCUT2D eigenvalue weighted by Crippen LogP contribution is 2.11. The number of hydrogen-bond acceptors (Lipinski definition) is 3. The van der Waals surface area contributed by atoms with Crippen LogP contribution < -0.4 is 5.32 Å². The van der Waals surface area contributed by atoms with Crippen LogP contribution in [0.5, 0.6) is 0 Å². The molecule has 0 radical (unpaired) electrons. The predicted octanol–water partition coefficient (Wildman–Crippen LogP) is 5.66. The third-order valence-corrected chi connectivity index (χ3v) is 5.27. The summed E-state index contributed by atoms with van der Waals surface area (Å²) in [6.07, 6.45) is 21.4. The normalized spacial score (nSPS) is 13.7. The van der Waals surface area contributed by atoms with E-state index in [0.29, 0.717) is 6.42 Å². The quantitative estimate of drug-likeness (QED) is 0.183. The summed E-state index contributed by atoms with van der Waals surface area (Å²) in [5.74, 6) is -0.0750. The van der Waals surface area contributed by atoms with Crippen molar-refractivity contribution in [1.29, 1.82) is 0 Å². The minimum Gasteiger partial charge on any atom is -0.394 e. The van der Waals surface area contributed by atoms with Gasteiger partial charge in [0.15, 0.2) is 0 Å². The van der Waals surface area contributed by atoms with E-state index in [2.05, 4.69) is 19.2 Å². The molecule has 28 heavy (non-hydrogen) atoms. The van der Waals surface area contributed by atoms with Gasteiger partial charge in [0.2, 0.25) is 5.91 Å². The van der Waals surface area contributed by atoms with Gasteiger partial charge in [0.25, 0.3) is 0 Å². The van der Waals surface area contributed by atoms with Gasteiger partial charge in [0.1, 0.15) is 0 Å². The number of aliphatic hydroxyl groups excluding tert-OH is 2. The number of carbonyl (C=O) groups excluding carboxylic acids is 1. The van der Waals surface area contributed by atoms with E-state index >= 15 is 0 Å². The zero-order valence-electron chi connectivity index (χ0n) is 18.6. The minimum absolute atomic E-state index is 0.0750. The summed E-state index contributed by atoms with van der Waals surface area (Å²) < 4.78 is 0. The summed E-state index contributed by atoms with van der Waals surface area (Å²) in [6, 6.07) is -0.609. The summed E-state index contributed by atoms with van der Waals surface area (Å²) in [7, 11) is 0. The Bertz CT molecular complexity index is 371. The molecule has 0 aliphatic heterocycles. The molecule has 0 saturated heterocycles. The fourth-order valence-corrected chi connectivity index (χ4v) is 3.35. The molecule has 0 aromatic rings. The van der Waals surface area contributed by atoms with Crippen LogP contribution in [0.4, 0.5) is 0 Å². The third kappa shape index (κ3) is 17.2. The Hall–Kier alpha value is -0.870. The first-order valence-corrected chi connectivity index (χ1v) is 11.9. The first-order valence-electron chi connectivity index (χ1n) is 11.9. The van der Waals surface area contributed by atoms with Crippen molar-refractivity contribution in [1.82, 2.24) is 5.32 Å². The molecule has 0 rings (SSSR count). The van der Waals surface area contributed by atoms with Gasteiger partial charge >= 0.3 is 0 Å². The molecule has 4 nitrogen and oxygen atoms in total. The topological polar surface area (TPSA) is 69.6 Å². The number of unbranched alkanes of at least 4 members (excludes halogenated alkanes) is 13. The van der Waals surface area contributed by atoms with Crippen LogP contribution in [0.3, 0.4) is 0 Å². The van der Waals surface area contributed by atoms with E-state index in [0.717, 1.165) is 25.7 Å². The average molecular weight is 398 g/mol. The SMILES string of the molecule is CCCCCC/C=C/C(O)C(CO)NC(=O)CCCCCCCCCCCC. The lowest BCUT2D eigenvalue weighted by atomic mass is 10.1. The third-order valence-electron chi connectivity index (χ3n) is 5.27. The summed E-state index contributed by atoms with van der Waals surface area (Å²) in [6.45, 7) is 4.18. The highest BCUT2D eigenvalue weighted by molar-refractivity contribution is 5.76. The van der Waals surface area contributed by atoms with Crippen molar-refractivity contribution >= 4 is 5.91 Å². The summed E-state index contributed by atoms with van der Waals surface area (Å²) >= 11 is 0. The van der Waals surface area contributed by atoms with Gasteiger partial charge in [0, 0.05) is 6.42 Å². The molecule has 0 heterocycles. The molecule has 0 aliphatic rings. The van der Waals surface area contributed by atoms with Gasteiger partial charge in [-0.2, -0.15) is 0 Å². The van der Waals surface area contributed by atoms with Gasteiger partial charge in [-0.15, -0.1) is 0 Å². The Morgan fingerprint density at radius 3 is 1.86 bits per heavy atom. The molecule has 0 saturated carbocycles. The van der Waals surface area contributed by atoms with E-state index in [1.54, 1.807) is 6.08 Å². The predicted molar refractivity (Wildman–Crippen MR) is 119 cm³/mol. The van der Waals surface area contributed by atoms with Crippen molar-refractivity contribution in [3.63, 3.8) is 0 Å². The number of hydrogen-bond donors (Lipinski definition) is 3. The first kappa shape index (κ1) is 27.1. The number of allylic oxidation sites excluding steroid dienone is 1. The van der Waals surface area contributed by atoms with Crippen molar-refractivity contribution in [2.45, 2.75) is 129 Å². The Balaban J connectivity index is 3.74. The monoisotopic (exact) mass is 397 g/mol. The van der Waals surface area contributed by atoms with E-state index in [9.17, 15) is 15.0 Å². The van der Waals surface area contributed by atoms with Crippen molar-refractivity contribution in [3.05, 3.63) is 12.2 Å². The molecule has 0 aliphatic carbocycles. The van der Waals surface area contributed by atoms with Gasteiger partial charge in [-0.1, -0.05) is 103 Å². The summed E-state index contributed by atoms with van der Waals surface area (Å²) in [5.41, 5.74) is 0. The zero-order valence-corrected chi connectivity index (χ0v) is 18.6. The maximum Gasteiger partial charge on any atom is 0.220 e.